The molecule has 0 amide bonds. The molecule has 0 fully saturated rings. The van der Waals surface area contributed by atoms with Crippen LogP contribution in [0.15, 0.2) is 65.8 Å². The largest absolute Gasteiger partial charge is 0.348 e. The average molecular weight is 275 g/mol. The van der Waals surface area contributed by atoms with Gasteiger partial charge in [0, 0.05) is 36.4 Å². The molecule has 3 aromatic heterocycles. The fraction of sp³-hybridized carbons (Fsp3) is 0.0588. The van der Waals surface area contributed by atoms with Crippen molar-refractivity contribution >= 4 is 21.9 Å². The van der Waals surface area contributed by atoms with Gasteiger partial charge in [-0.15, -0.1) is 0 Å². The summed E-state index contributed by atoms with van der Waals surface area (Å²) in [4.78, 5) is 17.1. The van der Waals surface area contributed by atoms with Gasteiger partial charge >= 0.3 is 0 Å². The Morgan fingerprint density at radius 2 is 1.90 bits per heavy atom. The predicted octanol–water partition coefficient (Wildman–Crippen LogP) is 2.88. The number of hydrogen-bond acceptors (Lipinski definition) is 2. The van der Waals surface area contributed by atoms with E-state index >= 15 is 0 Å². The molecular formula is C17H13N3O. The topological polar surface area (TPSA) is 39.8 Å². The minimum absolute atomic E-state index is 0.0202. The molecule has 0 saturated heterocycles. The number of fused-ring (bicyclic) bond motifs is 2. The molecule has 4 rings (SSSR count). The van der Waals surface area contributed by atoms with E-state index in [2.05, 4.69) is 4.98 Å². The zero-order valence-corrected chi connectivity index (χ0v) is 11.5. The molecule has 0 aliphatic carbocycles. The second kappa shape index (κ2) is 4.31. The van der Waals surface area contributed by atoms with Gasteiger partial charge in [-0.1, -0.05) is 12.1 Å². The van der Waals surface area contributed by atoms with Gasteiger partial charge in [-0.05, 0) is 30.3 Å². The number of hydrogen-bond donors (Lipinski definition) is 0. The molecule has 21 heavy (non-hydrogen) atoms. The van der Waals surface area contributed by atoms with Gasteiger partial charge in [-0.3, -0.25) is 9.36 Å². The van der Waals surface area contributed by atoms with Crippen molar-refractivity contribution in [2.45, 2.75) is 0 Å². The van der Waals surface area contributed by atoms with Gasteiger partial charge in [-0.2, -0.15) is 0 Å². The third kappa shape index (κ3) is 1.69. The highest BCUT2D eigenvalue weighted by Crippen LogP contribution is 2.18. The minimum Gasteiger partial charge on any atom is -0.348 e. The van der Waals surface area contributed by atoms with Crippen LogP contribution in [0, 0.1) is 0 Å². The van der Waals surface area contributed by atoms with Gasteiger partial charge in [0.15, 0.2) is 0 Å². The third-order valence-corrected chi connectivity index (χ3v) is 3.78. The fourth-order valence-electron chi connectivity index (χ4n) is 2.76. The molecule has 4 nitrogen and oxygen atoms in total. The number of aryl methyl sites for hydroxylation is 1. The Hall–Kier alpha value is -2.88. The van der Waals surface area contributed by atoms with Crippen LogP contribution < -0.4 is 5.43 Å². The smallest absolute Gasteiger partial charge is 0.213 e. The van der Waals surface area contributed by atoms with Crippen LogP contribution in [0.25, 0.3) is 27.6 Å². The summed E-state index contributed by atoms with van der Waals surface area (Å²) in [6.07, 6.45) is 5.49. The van der Waals surface area contributed by atoms with E-state index in [-0.39, 0.29) is 5.43 Å². The maximum atomic E-state index is 12.8. The first-order valence-corrected chi connectivity index (χ1v) is 6.76. The molecule has 4 heteroatoms. The van der Waals surface area contributed by atoms with Crippen LogP contribution in [-0.4, -0.2) is 14.1 Å². The third-order valence-electron chi connectivity index (χ3n) is 3.78. The van der Waals surface area contributed by atoms with E-state index < -0.39 is 0 Å². The van der Waals surface area contributed by atoms with E-state index in [4.69, 9.17) is 0 Å². The summed E-state index contributed by atoms with van der Waals surface area (Å²) in [5, 5.41) is 1.74. The van der Waals surface area contributed by atoms with Crippen LogP contribution in [0.3, 0.4) is 0 Å². The second-order valence-corrected chi connectivity index (χ2v) is 5.07. The number of benzene rings is 1. The maximum Gasteiger partial charge on any atom is 0.213 e. The van der Waals surface area contributed by atoms with Crippen LogP contribution in [0.4, 0.5) is 0 Å². The molecule has 0 bridgehead atoms. The standard InChI is InChI=1S/C17H13N3O/c1-19-11-15(16(21)13-6-2-3-7-14(13)19)20-10-8-12-5-4-9-18-17(12)20/h2-11H,1H3. The molecule has 1 aromatic carbocycles. The van der Waals surface area contributed by atoms with Crippen LogP contribution in [-0.2, 0) is 7.05 Å². The molecule has 0 N–H and O–H groups in total. The number of para-hydroxylation sites is 1. The van der Waals surface area contributed by atoms with Crippen molar-refractivity contribution in [3.05, 3.63) is 71.3 Å². The molecule has 0 saturated carbocycles. The van der Waals surface area contributed by atoms with Gasteiger partial charge in [0.25, 0.3) is 0 Å². The molecule has 4 aromatic rings. The van der Waals surface area contributed by atoms with E-state index in [1.54, 1.807) is 6.20 Å². The first kappa shape index (κ1) is 11.9. The highest BCUT2D eigenvalue weighted by molar-refractivity contribution is 5.83. The Kier molecular flexibility index (Phi) is 2.44. The van der Waals surface area contributed by atoms with E-state index in [0.717, 1.165) is 21.9 Å². The molecule has 102 valence electrons. The van der Waals surface area contributed by atoms with Gasteiger partial charge in [0.05, 0.1) is 5.52 Å². The summed E-state index contributed by atoms with van der Waals surface area (Å²) < 4.78 is 3.82. The van der Waals surface area contributed by atoms with Crippen molar-refractivity contribution in [2.24, 2.45) is 7.05 Å². The Morgan fingerprint density at radius 3 is 2.81 bits per heavy atom. The lowest BCUT2D eigenvalue weighted by atomic mass is 10.2. The number of pyridine rings is 2. The molecule has 0 spiro atoms. The zero-order chi connectivity index (χ0) is 14.4. The van der Waals surface area contributed by atoms with Crippen molar-refractivity contribution in [3.63, 3.8) is 0 Å². The first-order chi connectivity index (χ1) is 10.3. The van der Waals surface area contributed by atoms with E-state index in [1.165, 1.54) is 0 Å². The van der Waals surface area contributed by atoms with Crippen LogP contribution in [0.2, 0.25) is 0 Å². The summed E-state index contributed by atoms with van der Waals surface area (Å²) in [5.41, 5.74) is 2.36. The van der Waals surface area contributed by atoms with Crippen molar-refractivity contribution in [1.29, 1.82) is 0 Å². The van der Waals surface area contributed by atoms with Gasteiger partial charge in [-0.25, -0.2) is 4.98 Å². The predicted molar refractivity (Wildman–Crippen MR) is 83.8 cm³/mol. The van der Waals surface area contributed by atoms with Crippen LogP contribution in [0.1, 0.15) is 0 Å². The Morgan fingerprint density at radius 1 is 1.05 bits per heavy atom. The Labute approximate surface area is 120 Å². The van der Waals surface area contributed by atoms with Gasteiger partial charge in [0.1, 0.15) is 11.3 Å². The summed E-state index contributed by atoms with van der Waals surface area (Å²) >= 11 is 0. The molecule has 0 unspecified atom stereocenters. The summed E-state index contributed by atoms with van der Waals surface area (Å²) in [6, 6.07) is 13.5. The van der Waals surface area contributed by atoms with Gasteiger partial charge < -0.3 is 4.57 Å². The molecule has 0 aliphatic heterocycles. The SMILES string of the molecule is Cn1cc(-n2ccc3cccnc32)c(=O)c2ccccc21. The highest BCUT2D eigenvalue weighted by Gasteiger charge is 2.11. The van der Waals surface area contributed by atoms with Crippen molar-refractivity contribution < 1.29 is 0 Å². The van der Waals surface area contributed by atoms with Crippen molar-refractivity contribution in [3.8, 4) is 5.69 Å². The van der Waals surface area contributed by atoms with Crippen LogP contribution in [0.5, 0.6) is 0 Å². The lowest BCUT2D eigenvalue weighted by Gasteiger charge is -2.10. The maximum absolute atomic E-state index is 12.8. The monoisotopic (exact) mass is 275 g/mol. The normalized spacial score (nSPS) is 11.3. The summed E-state index contributed by atoms with van der Waals surface area (Å²) in [6.45, 7) is 0. The van der Waals surface area contributed by atoms with Crippen molar-refractivity contribution in [1.82, 2.24) is 14.1 Å². The summed E-state index contributed by atoms with van der Waals surface area (Å²) in [5.74, 6) is 0. The van der Waals surface area contributed by atoms with E-state index in [9.17, 15) is 4.79 Å². The van der Waals surface area contributed by atoms with Crippen LogP contribution >= 0.6 is 0 Å². The minimum atomic E-state index is 0.0202. The molecular weight excluding hydrogens is 262 g/mol. The second-order valence-electron chi connectivity index (χ2n) is 5.07. The Bertz CT molecular complexity index is 1030. The lowest BCUT2D eigenvalue weighted by molar-refractivity contribution is 0.924. The highest BCUT2D eigenvalue weighted by atomic mass is 16.1. The number of nitrogens with zero attached hydrogens (tertiary/aromatic N) is 3. The van der Waals surface area contributed by atoms with Crippen molar-refractivity contribution in [2.75, 3.05) is 0 Å². The number of rotatable bonds is 1. The zero-order valence-electron chi connectivity index (χ0n) is 11.5. The van der Waals surface area contributed by atoms with Gasteiger partial charge in [0.2, 0.25) is 5.43 Å². The molecule has 3 heterocycles. The average Bonchev–Trinajstić information content (AvgIpc) is 2.95. The van der Waals surface area contributed by atoms with E-state index in [1.807, 2.05) is 71.0 Å². The Balaban J connectivity index is 2.12. The van der Waals surface area contributed by atoms with E-state index in [0.29, 0.717) is 5.69 Å². The summed E-state index contributed by atoms with van der Waals surface area (Å²) in [7, 11) is 1.95. The molecule has 0 aliphatic rings. The fourth-order valence-corrected chi connectivity index (χ4v) is 2.76. The number of aromatic nitrogens is 3. The first-order valence-electron chi connectivity index (χ1n) is 6.76. The molecule has 0 atom stereocenters. The quantitative estimate of drug-likeness (QED) is 0.536. The lowest BCUT2D eigenvalue weighted by Crippen LogP contribution is -2.15. The molecule has 0 radical (unpaired) electrons.